The van der Waals surface area contributed by atoms with Gasteiger partial charge in [0.2, 0.25) is 0 Å². The molecule has 4 rings (SSSR count). The number of aromatic nitrogens is 1. The zero-order valence-corrected chi connectivity index (χ0v) is 17.6. The number of nitrogens with one attached hydrogen (secondary N) is 1. The lowest BCUT2D eigenvalue weighted by atomic mass is 9.90. The van der Waals surface area contributed by atoms with Gasteiger partial charge in [0.1, 0.15) is 5.60 Å². The molecule has 2 aliphatic rings. The van der Waals surface area contributed by atoms with Crippen molar-refractivity contribution in [2.24, 2.45) is 0 Å². The van der Waals surface area contributed by atoms with E-state index in [1.54, 1.807) is 0 Å². The van der Waals surface area contributed by atoms with Crippen LogP contribution >= 0.6 is 0 Å². The molecular formula is C24H31N3O2. The number of aryl methyl sites for hydroxylation is 1. The first kappa shape index (κ1) is 19.9. The van der Waals surface area contributed by atoms with E-state index >= 15 is 0 Å². The fourth-order valence-corrected chi connectivity index (χ4v) is 4.39. The van der Waals surface area contributed by atoms with Gasteiger partial charge in [0.05, 0.1) is 11.7 Å². The first-order valence-corrected chi connectivity index (χ1v) is 10.6. The lowest BCUT2D eigenvalue weighted by Crippen LogP contribution is -2.51. The molecule has 0 fully saturated rings. The first-order valence-electron chi connectivity index (χ1n) is 10.6. The van der Waals surface area contributed by atoms with Gasteiger partial charge in [-0.3, -0.25) is 9.88 Å². The Hall–Kier alpha value is -2.40. The minimum absolute atomic E-state index is 0.0637. The van der Waals surface area contributed by atoms with Crippen LogP contribution in [0.15, 0.2) is 42.6 Å². The third-order valence-corrected chi connectivity index (χ3v) is 5.78. The Balaban J connectivity index is 1.51. The van der Waals surface area contributed by atoms with Gasteiger partial charge in [0, 0.05) is 25.3 Å². The Morgan fingerprint density at radius 2 is 1.93 bits per heavy atom. The minimum atomic E-state index is -0.502. The molecule has 154 valence electrons. The van der Waals surface area contributed by atoms with Crippen molar-refractivity contribution in [2.45, 2.75) is 70.7 Å². The number of hydrogen-bond acceptors (Lipinski definition) is 4. The smallest absolute Gasteiger partial charge is 0.410 e. The highest BCUT2D eigenvalue weighted by molar-refractivity contribution is 5.69. The second kappa shape index (κ2) is 8.15. The Morgan fingerprint density at radius 1 is 1.17 bits per heavy atom. The molecule has 2 atom stereocenters. The van der Waals surface area contributed by atoms with Crippen LogP contribution in [0.2, 0.25) is 0 Å². The zero-order chi connectivity index (χ0) is 20.4. The van der Waals surface area contributed by atoms with Crippen molar-refractivity contribution in [1.29, 1.82) is 0 Å². The summed E-state index contributed by atoms with van der Waals surface area (Å²) in [6.45, 7) is 7.08. The van der Waals surface area contributed by atoms with E-state index in [1.165, 1.54) is 28.8 Å². The molecule has 5 nitrogen and oxygen atoms in total. The SMILES string of the molecule is CC(C)(C)OC(=O)N1Cc2ccccc2CC1CN[C@H]1CCCc2cccnc21. The topological polar surface area (TPSA) is 54.5 Å². The lowest BCUT2D eigenvalue weighted by Gasteiger charge is -2.39. The van der Waals surface area contributed by atoms with Gasteiger partial charge in [-0.25, -0.2) is 4.79 Å². The van der Waals surface area contributed by atoms with Gasteiger partial charge in [-0.2, -0.15) is 0 Å². The predicted molar refractivity (Wildman–Crippen MR) is 114 cm³/mol. The first-order chi connectivity index (χ1) is 13.9. The largest absolute Gasteiger partial charge is 0.444 e. The molecule has 0 bridgehead atoms. The number of nitrogens with zero attached hydrogens (tertiary/aromatic N) is 2. The number of ether oxygens (including phenoxy) is 1. The molecule has 2 aromatic rings. The highest BCUT2D eigenvalue weighted by atomic mass is 16.6. The van der Waals surface area contributed by atoms with Crippen LogP contribution in [0, 0.1) is 0 Å². The summed E-state index contributed by atoms with van der Waals surface area (Å²) in [5.41, 5.74) is 4.53. The van der Waals surface area contributed by atoms with Crippen molar-refractivity contribution < 1.29 is 9.53 Å². The van der Waals surface area contributed by atoms with E-state index in [0.29, 0.717) is 6.54 Å². The molecular weight excluding hydrogens is 362 g/mol. The predicted octanol–water partition coefficient (Wildman–Crippen LogP) is 4.41. The third-order valence-electron chi connectivity index (χ3n) is 5.78. The maximum absolute atomic E-state index is 12.9. The van der Waals surface area contributed by atoms with Crippen LogP contribution in [0.25, 0.3) is 0 Å². The molecule has 1 amide bonds. The average Bonchev–Trinajstić information content (AvgIpc) is 2.70. The standard InChI is InChI=1S/C24H31N3O2/c1-24(2,3)29-23(28)27-16-19-9-5-4-8-18(19)14-20(27)15-26-21-12-6-10-17-11-7-13-25-22(17)21/h4-5,7-9,11,13,20-21,26H,6,10,12,14-16H2,1-3H3/t20?,21-/m0/s1. The summed E-state index contributed by atoms with van der Waals surface area (Å²) in [6, 6.07) is 12.9. The zero-order valence-electron chi connectivity index (χ0n) is 17.6. The molecule has 0 saturated heterocycles. The normalized spacial score (nSPS) is 21.3. The molecule has 0 saturated carbocycles. The van der Waals surface area contributed by atoms with Crippen molar-refractivity contribution in [3.63, 3.8) is 0 Å². The third kappa shape index (κ3) is 4.61. The molecule has 1 unspecified atom stereocenters. The molecule has 1 aromatic heterocycles. The van der Waals surface area contributed by atoms with E-state index in [-0.39, 0.29) is 18.2 Å². The van der Waals surface area contributed by atoms with Crippen LogP contribution in [-0.4, -0.2) is 34.2 Å². The molecule has 0 radical (unpaired) electrons. The molecule has 29 heavy (non-hydrogen) atoms. The van der Waals surface area contributed by atoms with Crippen LogP contribution in [0.5, 0.6) is 0 Å². The molecule has 0 spiro atoms. The molecule has 5 heteroatoms. The van der Waals surface area contributed by atoms with Gasteiger partial charge >= 0.3 is 6.09 Å². The summed E-state index contributed by atoms with van der Waals surface area (Å²) >= 11 is 0. The molecule has 1 aliphatic carbocycles. The minimum Gasteiger partial charge on any atom is -0.444 e. The molecule has 2 heterocycles. The Kier molecular flexibility index (Phi) is 5.59. The van der Waals surface area contributed by atoms with Gasteiger partial charge in [-0.15, -0.1) is 0 Å². The van der Waals surface area contributed by atoms with Crippen LogP contribution < -0.4 is 5.32 Å². The van der Waals surface area contributed by atoms with E-state index in [0.717, 1.165) is 25.8 Å². The number of pyridine rings is 1. The van der Waals surface area contributed by atoms with Crippen LogP contribution in [0.4, 0.5) is 4.79 Å². The van der Waals surface area contributed by atoms with E-state index in [2.05, 4.69) is 34.6 Å². The maximum atomic E-state index is 12.9. The molecule has 1 aliphatic heterocycles. The number of hydrogen-bond donors (Lipinski definition) is 1. The molecule has 1 N–H and O–H groups in total. The Morgan fingerprint density at radius 3 is 2.72 bits per heavy atom. The Labute approximate surface area is 173 Å². The fraction of sp³-hybridized carbons (Fsp3) is 0.500. The van der Waals surface area contributed by atoms with Gasteiger partial charge in [-0.05, 0) is 69.2 Å². The summed E-state index contributed by atoms with van der Waals surface area (Å²) in [7, 11) is 0. The second-order valence-electron chi connectivity index (χ2n) is 9.14. The summed E-state index contributed by atoms with van der Waals surface area (Å²) in [6.07, 6.45) is 5.83. The van der Waals surface area contributed by atoms with Crippen LogP contribution in [0.3, 0.4) is 0 Å². The van der Waals surface area contributed by atoms with Crippen molar-refractivity contribution in [3.8, 4) is 0 Å². The van der Waals surface area contributed by atoms with Crippen molar-refractivity contribution in [3.05, 3.63) is 65.0 Å². The number of benzene rings is 1. The average molecular weight is 394 g/mol. The van der Waals surface area contributed by atoms with Crippen molar-refractivity contribution in [1.82, 2.24) is 15.2 Å². The summed E-state index contributed by atoms with van der Waals surface area (Å²) in [5.74, 6) is 0. The number of rotatable bonds is 3. The van der Waals surface area contributed by atoms with Gasteiger partial charge in [0.15, 0.2) is 0 Å². The van der Waals surface area contributed by atoms with E-state index in [1.807, 2.05) is 44.0 Å². The highest BCUT2D eigenvalue weighted by Crippen LogP contribution is 2.29. The number of carbonyl (C=O) groups is 1. The number of amides is 1. The fourth-order valence-electron chi connectivity index (χ4n) is 4.39. The van der Waals surface area contributed by atoms with Gasteiger partial charge in [-0.1, -0.05) is 30.3 Å². The summed E-state index contributed by atoms with van der Waals surface area (Å²) < 4.78 is 5.72. The summed E-state index contributed by atoms with van der Waals surface area (Å²) in [4.78, 5) is 19.5. The van der Waals surface area contributed by atoms with Gasteiger partial charge in [0.25, 0.3) is 0 Å². The van der Waals surface area contributed by atoms with Gasteiger partial charge < -0.3 is 10.1 Å². The second-order valence-corrected chi connectivity index (χ2v) is 9.14. The lowest BCUT2D eigenvalue weighted by molar-refractivity contribution is 0.0116. The van der Waals surface area contributed by atoms with Crippen LogP contribution in [0.1, 0.15) is 62.0 Å². The van der Waals surface area contributed by atoms with E-state index < -0.39 is 5.60 Å². The van der Waals surface area contributed by atoms with E-state index in [9.17, 15) is 4.79 Å². The van der Waals surface area contributed by atoms with Crippen molar-refractivity contribution >= 4 is 6.09 Å². The van der Waals surface area contributed by atoms with E-state index in [4.69, 9.17) is 4.74 Å². The monoisotopic (exact) mass is 393 g/mol. The Bertz CT molecular complexity index is 874. The maximum Gasteiger partial charge on any atom is 0.410 e. The summed E-state index contributed by atoms with van der Waals surface area (Å²) in [5, 5.41) is 3.71. The number of fused-ring (bicyclic) bond motifs is 2. The van der Waals surface area contributed by atoms with Crippen LogP contribution in [-0.2, 0) is 24.1 Å². The molecule has 1 aromatic carbocycles. The van der Waals surface area contributed by atoms with Crippen molar-refractivity contribution in [2.75, 3.05) is 6.54 Å². The number of carbonyl (C=O) groups excluding carboxylic acids is 1. The highest BCUT2D eigenvalue weighted by Gasteiger charge is 2.33. The quantitative estimate of drug-likeness (QED) is 0.839.